The van der Waals surface area contributed by atoms with E-state index in [0.29, 0.717) is 37.2 Å². The maximum atomic E-state index is 13.9. The highest BCUT2D eigenvalue weighted by molar-refractivity contribution is 6.04. The number of carbonyl (C=O) groups excluding carboxylic acids is 1. The van der Waals surface area contributed by atoms with Crippen LogP contribution in [0.3, 0.4) is 0 Å². The van der Waals surface area contributed by atoms with E-state index in [-0.39, 0.29) is 17.5 Å². The standard InChI is InChI=1S/C22H20F2N6O2/c1-29-13-19(27-28-29)22(31)26-18-10-14(12-25)2-4-20(18)30-8-6-16(7-9-30)32-21-5-3-15(23)11-17(21)24/h2-5,10-11,13,16H,6-9H2,1H3,(H,26,31). The first-order chi connectivity index (χ1) is 15.4. The Morgan fingerprint density at radius 2 is 2.00 bits per heavy atom. The largest absolute Gasteiger partial charge is 0.487 e. The highest BCUT2D eigenvalue weighted by Gasteiger charge is 2.24. The molecule has 32 heavy (non-hydrogen) atoms. The van der Waals surface area contributed by atoms with E-state index in [1.165, 1.54) is 16.9 Å². The molecule has 0 atom stereocenters. The molecule has 0 spiro atoms. The van der Waals surface area contributed by atoms with E-state index in [9.17, 15) is 18.8 Å². The minimum absolute atomic E-state index is 0.0279. The molecule has 1 fully saturated rings. The molecule has 4 rings (SSSR count). The average molecular weight is 438 g/mol. The summed E-state index contributed by atoms with van der Waals surface area (Å²) in [5, 5.41) is 19.6. The second-order valence-corrected chi connectivity index (χ2v) is 7.45. The van der Waals surface area contributed by atoms with Gasteiger partial charge in [0.15, 0.2) is 17.3 Å². The molecule has 2 heterocycles. The number of amides is 1. The minimum Gasteiger partial charge on any atom is -0.487 e. The second kappa shape index (κ2) is 9.01. The topological polar surface area (TPSA) is 96.1 Å². The van der Waals surface area contributed by atoms with Gasteiger partial charge < -0.3 is 15.0 Å². The van der Waals surface area contributed by atoms with Crippen molar-refractivity contribution in [2.75, 3.05) is 23.3 Å². The van der Waals surface area contributed by atoms with Gasteiger partial charge in [0, 0.05) is 39.0 Å². The number of rotatable bonds is 5. The molecule has 3 aromatic rings. The smallest absolute Gasteiger partial charge is 0.277 e. The van der Waals surface area contributed by atoms with Crippen LogP contribution < -0.4 is 15.0 Å². The molecule has 2 aromatic carbocycles. The van der Waals surface area contributed by atoms with Crippen molar-refractivity contribution >= 4 is 17.3 Å². The minimum atomic E-state index is -0.728. The van der Waals surface area contributed by atoms with Crippen molar-refractivity contribution in [3.8, 4) is 11.8 Å². The molecule has 164 valence electrons. The number of halogens is 2. The van der Waals surface area contributed by atoms with Crippen molar-refractivity contribution in [3.05, 3.63) is 65.5 Å². The predicted molar refractivity (Wildman–Crippen MR) is 112 cm³/mol. The molecule has 1 aliphatic rings. The van der Waals surface area contributed by atoms with E-state index in [1.54, 1.807) is 25.2 Å². The number of benzene rings is 2. The molecule has 1 saturated heterocycles. The van der Waals surface area contributed by atoms with Crippen molar-refractivity contribution in [3.63, 3.8) is 0 Å². The Morgan fingerprint density at radius 1 is 1.22 bits per heavy atom. The molecule has 0 unspecified atom stereocenters. The predicted octanol–water partition coefficient (Wildman–Crippen LogP) is 3.27. The third-order valence-electron chi connectivity index (χ3n) is 5.18. The summed E-state index contributed by atoms with van der Waals surface area (Å²) < 4.78 is 34.1. The quantitative estimate of drug-likeness (QED) is 0.657. The van der Waals surface area contributed by atoms with Crippen LogP contribution >= 0.6 is 0 Å². The molecule has 8 nitrogen and oxygen atoms in total. The summed E-state index contributed by atoms with van der Waals surface area (Å²) in [6, 6.07) is 10.4. The average Bonchev–Trinajstić information content (AvgIpc) is 3.23. The molecule has 0 radical (unpaired) electrons. The number of piperidine rings is 1. The number of nitrogens with zero attached hydrogens (tertiary/aromatic N) is 5. The molecule has 1 N–H and O–H groups in total. The molecular formula is C22H20F2N6O2. The normalized spacial score (nSPS) is 14.1. The summed E-state index contributed by atoms with van der Waals surface area (Å²) in [5.41, 5.74) is 1.82. The highest BCUT2D eigenvalue weighted by Crippen LogP contribution is 2.31. The zero-order chi connectivity index (χ0) is 22.7. The number of anilines is 2. The van der Waals surface area contributed by atoms with Crippen LogP contribution in [0.2, 0.25) is 0 Å². The van der Waals surface area contributed by atoms with Gasteiger partial charge in [-0.3, -0.25) is 9.48 Å². The van der Waals surface area contributed by atoms with Crippen molar-refractivity contribution in [1.82, 2.24) is 15.0 Å². The number of aryl methyl sites for hydroxylation is 1. The molecule has 1 amide bonds. The van der Waals surface area contributed by atoms with Crippen molar-refractivity contribution in [2.45, 2.75) is 18.9 Å². The summed E-state index contributed by atoms with van der Waals surface area (Å²) in [6.45, 7) is 1.18. The van der Waals surface area contributed by atoms with Gasteiger partial charge in [-0.25, -0.2) is 8.78 Å². The summed E-state index contributed by atoms with van der Waals surface area (Å²) in [6.07, 6.45) is 2.49. The van der Waals surface area contributed by atoms with Crippen LogP contribution in [-0.4, -0.2) is 40.1 Å². The third-order valence-corrected chi connectivity index (χ3v) is 5.18. The van der Waals surface area contributed by atoms with Gasteiger partial charge in [-0.1, -0.05) is 5.21 Å². The molecule has 0 saturated carbocycles. The highest BCUT2D eigenvalue weighted by atomic mass is 19.1. The zero-order valence-corrected chi connectivity index (χ0v) is 17.3. The maximum absolute atomic E-state index is 13.9. The molecule has 0 bridgehead atoms. The summed E-state index contributed by atoms with van der Waals surface area (Å²) in [4.78, 5) is 14.6. The first kappa shape index (κ1) is 21.2. The van der Waals surface area contributed by atoms with Crippen LogP contribution in [0.1, 0.15) is 28.9 Å². The summed E-state index contributed by atoms with van der Waals surface area (Å²) in [5.74, 6) is -1.78. The fourth-order valence-corrected chi connectivity index (χ4v) is 3.58. The van der Waals surface area contributed by atoms with Gasteiger partial charge in [-0.15, -0.1) is 5.10 Å². The number of nitriles is 1. The van der Waals surface area contributed by atoms with E-state index < -0.39 is 17.5 Å². The Bertz CT molecular complexity index is 1180. The summed E-state index contributed by atoms with van der Waals surface area (Å²) in [7, 11) is 1.66. The lowest BCUT2D eigenvalue weighted by molar-refractivity contribution is 0.102. The Kier molecular flexibility index (Phi) is 5.98. The van der Waals surface area contributed by atoms with Gasteiger partial charge in [-0.05, 0) is 30.3 Å². The maximum Gasteiger partial charge on any atom is 0.277 e. The number of nitrogens with one attached hydrogen (secondary N) is 1. The molecular weight excluding hydrogens is 418 g/mol. The number of hydrogen-bond acceptors (Lipinski definition) is 6. The lowest BCUT2D eigenvalue weighted by Crippen LogP contribution is -2.38. The SMILES string of the molecule is Cn1cc(C(=O)Nc2cc(C#N)ccc2N2CCC(Oc3ccc(F)cc3F)CC2)nn1. The Labute approximate surface area is 183 Å². The fraction of sp³-hybridized carbons (Fsp3) is 0.273. The molecule has 0 aliphatic carbocycles. The van der Waals surface area contributed by atoms with E-state index in [1.807, 2.05) is 0 Å². The number of aromatic nitrogens is 3. The monoisotopic (exact) mass is 438 g/mol. The van der Waals surface area contributed by atoms with Crippen molar-refractivity contribution < 1.29 is 18.3 Å². The number of ether oxygens (including phenoxy) is 1. The van der Waals surface area contributed by atoms with Gasteiger partial charge in [-0.2, -0.15) is 5.26 Å². The van der Waals surface area contributed by atoms with Crippen LogP contribution in [0.4, 0.5) is 20.2 Å². The van der Waals surface area contributed by atoms with Gasteiger partial charge in [0.2, 0.25) is 0 Å². The van der Waals surface area contributed by atoms with E-state index in [2.05, 4.69) is 26.6 Å². The lowest BCUT2D eigenvalue weighted by Gasteiger charge is -2.34. The van der Waals surface area contributed by atoms with E-state index in [0.717, 1.165) is 17.8 Å². The van der Waals surface area contributed by atoms with E-state index in [4.69, 9.17) is 4.74 Å². The van der Waals surface area contributed by atoms with Gasteiger partial charge in [0.05, 0.1) is 29.2 Å². The fourth-order valence-electron chi connectivity index (χ4n) is 3.58. The lowest BCUT2D eigenvalue weighted by atomic mass is 10.1. The van der Waals surface area contributed by atoms with Crippen LogP contribution in [0.5, 0.6) is 5.75 Å². The number of carbonyl (C=O) groups is 1. The van der Waals surface area contributed by atoms with Crippen LogP contribution in [0.15, 0.2) is 42.6 Å². The van der Waals surface area contributed by atoms with E-state index >= 15 is 0 Å². The third kappa shape index (κ3) is 4.67. The second-order valence-electron chi connectivity index (χ2n) is 7.45. The van der Waals surface area contributed by atoms with Gasteiger partial charge in [0.25, 0.3) is 5.91 Å². The van der Waals surface area contributed by atoms with Crippen LogP contribution in [-0.2, 0) is 7.05 Å². The molecule has 1 aromatic heterocycles. The van der Waals surface area contributed by atoms with Crippen molar-refractivity contribution in [2.24, 2.45) is 7.05 Å². The number of hydrogen-bond donors (Lipinski definition) is 1. The van der Waals surface area contributed by atoms with Gasteiger partial charge in [0.1, 0.15) is 11.9 Å². The first-order valence-electron chi connectivity index (χ1n) is 10.0. The Balaban J connectivity index is 1.46. The van der Waals surface area contributed by atoms with Crippen molar-refractivity contribution in [1.29, 1.82) is 5.26 Å². The first-order valence-corrected chi connectivity index (χ1v) is 10.0. The van der Waals surface area contributed by atoms with Crippen LogP contribution in [0, 0.1) is 23.0 Å². The Morgan fingerprint density at radius 3 is 2.66 bits per heavy atom. The zero-order valence-electron chi connectivity index (χ0n) is 17.3. The Hall–Kier alpha value is -4.00. The molecule has 1 aliphatic heterocycles. The van der Waals surface area contributed by atoms with Crippen LogP contribution in [0.25, 0.3) is 0 Å². The molecule has 10 heteroatoms. The summed E-state index contributed by atoms with van der Waals surface area (Å²) >= 11 is 0. The van der Waals surface area contributed by atoms with Gasteiger partial charge >= 0.3 is 0 Å².